The van der Waals surface area contributed by atoms with Crippen molar-refractivity contribution in [3.05, 3.63) is 22.9 Å². The molecule has 6 rings (SSSR count). The van der Waals surface area contributed by atoms with Crippen LogP contribution in [-0.2, 0) is 25.6 Å². The van der Waals surface area contributed by atoms with Gasteiger partial charge < -0.3 is 34.1 Å². The second-order valence-electron chi connectivity index (χ2n) is 11.8. The lowest BCUT2D eigenvalue weighted by Crippen LogP contribution is -2.44. The van der Waals surface area contributed by atoms with E-state index in [1.807, 2.05) is 17.0 Å². The van der Waals surface area contributed by atoms with Crippen LogP contribution in [0.15, 0.2) is 33.0 Å². The molecule has 46 heavy (non-hydrogen) atoms. The summed E-state index contributed by atoms with van der Waals surface area (Å²) in [7, 11) is 0. The number of nitrogens with two attached hydrogens (primary N) is 1. The summed E-state index contributed by atoms with van der Waals surface area (Å²) in [4.78, 5) is 44.0. The summed E-state index contributed by atoms with van der Waals surface area (Å²) < 4.78 is 25.4. The third-order valence-electron chi connectivity index (χ3n) is 8.63. The lowest BCUT2D eigenvalue weighted by atomic mass is 9.93. The van der Waals surface area contributed by atoms with Crippen molar-refractivity contribution < 1.29 is 28.5 Å². The topological polar surface area (TPSA) is 147 Å². The summed E-state index contributed by atoms with van der Waals surface area (Å²) in [6.45, 7) is 8.74. The minimum absolute atomic E-state index is 0.128. The van der Waals surface area contributed by atoms with Crippen LogP contribution in [0.4, 0.5) is 5.82 Å². The molecule has 248 valence electrons. The highest BCUT2D eigenvalue weighted by Crippen LogP contribution is 2.42. The van der Waals surface area contributed by atoms with Crippen LogP contribution in [0.3, 0.4) is 0 Å². The summed E-state index contributed by atoms with van der Waals surface area (Å²) in [5.74, 6) is 1.72. The maximum Gasteiger partial charge on any atom is 0.306 e. The van der Waals surface area contributed by atoms with Crippen molar-refractivity contribution in [1.82, 2.24) is 29.3 Å². The fourth-order valence-corrected chi connectivity index (χ4v) is 7.53. The van der Waals surface area contributed by atoms with E-state index in [1.165, 1.54) is 18.1 Å². The number of hydrogen-bond acceptors (Lipinski definition) is 12. The van der Waals surface area contributed by atoms with Crippen LogP contribution in [0.2, 0.25) is 0 Å². The Morgan fingerprint density at radius 3 is 2.57 bits per heavy atom. The molecule has 0 bridgehead atoms. The van der Waals surface area contributed by atoms with Crippen molar-refractivity contribution in [3.8, 4) is 11.5 Å². The average molecular weight is 719 g/mol. The average Bonchev–Trinajstić information content (AvgIpc) is 3.42. The third kappa shape index (κ3) is 7.86. The van der Waals surface area contributed by atoms with E-state index in [9.17, 15) is 9.59 Å². The van der Waals surface area contributed by atoms with Gasteiger partial charge in [-0.15, -0.1) is 0 Å². The molecule has 1 amide bonds. The Morgan fingerprint density at radius 2 is 1.80 bits per heavy atom. The number of halogens is 1. The molecule has 0 unspecified atom stereocenters. The fraction of sp³-hybridized carbons (Fsp3) is 0.581. The maximum atomic E-state index is 13.1. The molecule has 3 aliphatic heterocycles. The van der Waals surface area contributed by atoms with Gasteiger partial charge in [-0.05, 0) is 73.1 Å². The lowest BCUT2D eigenvalue weighted by Gasteiger charge is -2.33. The molecule has 2 fully saturated rings. The van der Waals surface area contributed by atoms with Gasteiger partial charge in [0.15, 0.2) is 39.7 Å². The second-order valence-corrected chi connectivity index (χ2v) is 13.6. The van der Waals surface area contributed by atoms with Gasteiger partial charge in [0.2, 0.25) is 0 Å². The Hall–Kier alpha value is -3.14. The largest absolute Gasteiger partial charge is 0.486 e. The van der Waals surface area contributed by atoms with Gasteiger partial charge >= 0.3 is 5.97 Å². The molecule has 0 spiro atoms. The number of likely N-dealkylation sites (tertiary alicyclic amines) is 1. The van der Waals surface area contributed by atoms with Crippen LogP contribution < -0.4 is 15.2 Å². The number of amides is 1. The van der Waals surface area contributed by atoms with Crippen LogP contribution in [0, 0.1) is 5.92 Å². The molecule has 2 aromatic heterocycles. The number of esters is 1. The van der Waals surface area contributed by atoms with Crippen molar-refractivity contribution in [2.24, 2.45) is 5.92 Å². The molecule has 0 saturated carbocycles. The smallest absolute Gasteiger partial charge is 0.306 e. The number of nitrogen functional groups attached to an aromatic ring is 1. The zero-order valence-corrected chi connectivity index (χ0v) is 28.4. The van der Waals surface area contributed by atoms with Gasteiger partial charge in [0, 0.05) is 48.5 Å². The van der Waals surface area contributed by atoms with Crippen molar-refractivity contribution in [1.29, 1.82) is 0 Å². The maximum absolute atomic E-state index is 13.1. The number of imidazole rings is 1. The number of carbonyl (C=O) groups excluding carboxylic acids is 2. The monoisotopic (exact) mass is 717 g/mol. The lowest BCUT2D eigenvalue weighted by molar-refractivity contribution is -0.160. The summed E-state index contributed by atoms with van der Waals surface area (Å²) in [5, 5.41) is 0.757. The van der Waals surface area contributed by atoms with Gasteiger partial charge in [0.05, 0.1) is 13.2 Å². The number of aryl methyl sites for hydroxylation is 1. The minimum Gasteiger partial charge on any atom is -0.486 e. The summed E-state index contributed by atoms with van der Waals surface area (Å²) in [6, 6.07) is 3.88. The Morgan fingerprint density at radius 1 is 1.07 bits per heavy atom. The van der Waals surface area contributed by atoms with Crippen molar-refractivity contribution >= 4 is 56.6 Å². The van der Waals surface area contributed by atoms with E-state index in [1.54, 1.807) is 6.92 Å². The molecule has 5 heterocycles. The first kappa shape index (κ1) is 32.8. The standard InChI is InChI=1S/C31H40BrN7O6S/c1-20(45-26(40)3-2-7-37-11-13-42-14-12-37)30(41)38-8-4-21(5-9-38)6-10-39-29-27(28(33)34-19-35-29)36-31(39)46-25-18-24-23(17-22(25)32)43-15-16-44-24/h17-21H,2-16H2,1H3,(H2,33,34,35)/t20-/m1/s1. The molecule has 2 saturated heterocycles. The van der Waals surface area contributed by atoms with Crippen LogP contribution in [0.25, 0.3) is 11.2 Å². The molecule has 1 aromatic carbocycles. The van der Waals surface area contributed by atoms with Gasteiger partial charge in [-0.1, -0.05) is 11.8 Å². The quantitative estimate of drug-likeness (QED) is 0.288. The predicted molar refractivity (Wildman–Crippen MR) is 175 cm³/mol. The molecule has 15 heteroatoms. The van der Waals surface area contributed by atoms with E-state index in [-0.39, 0.29) is 11.9 Å². The van der Waals surface area contributed by atoms with E-state index < -0.39 is 6.10 Å². The Kier molecular flexibility index (Phi) is 10.8. The number of nitrogens with zero attached hydrogens (tertiary/aromatic N) is 6. The number of piperidine rings is 1. The Labute approximate surface area is 280 Å². The number of hydrogen-bond donors (Lipinski definition) is 1. The SMILES string of the molecule is C[C@@H](OC(=O)CCCN1CCOCC1)C(=O)N1CCC(CCn2c(Sc3cc4c(cc3Br)OCCO4)nc3c(N)ncnc32)CC1. The van der Waals surface area contributed by atoms with E-state index in [0.29, 0.717) is 80.1 Å². The summed E-state index contributed by atoms with van der Waals surface area (Å²) >= 11 is 5.18. The minimum atomic E-state index is -0.783. The molecule has 3 aliphatic rings. The normalized spacial score (nSPS) is 18.1. The fourth-order valence-electron chi connectivity index (χ4n) is 6.02. The van der Waals surface area contributed by atoms with Gasteiger partial charge in [0.1, 0.15) is 19.5 Å². The number of benzene rings is 1. The molecular formula is C31H40BrN7O6S. The molecule has 13 nitrogen and oxygen atoms in total. The first-order valence-corrected chi connectivity index (χ1v) is 17.5. The van der Waals surface area contributed by atoms with E-state index in [2.05, 4.69) is 35.4 Å². The number of rotatable bonds is 11. The predicted octanol–water partition coefficient (Wildman–Crippen LogP) is 3.77. The highest BCUT2D eigenvalue weighted by Gasteiger charge is 2.29. The summed E-state index contributed by atoms with van der Waals surface area (Å²) in [5.41, 5.74) is 7.45. The van der Waals surface area contributed by atoms with Gasteiger partial charge in [-0.25, -0.2) is 15.0 Å². The van der Waals surface area contributed by atoms with Crippen LogP contribution >= 0.6 is 27.7 Å². The number of morpholine rings is 1. The van der Waals surface area contributed by atoms with Gasteiger partial charge in [0.25, 0.3) is 5.91 Å². The highest BCUT2D eigenvalue weighted by molar-refractivity contribution is 9.10. The molecule has 1 atom stereocenters. The Balaban J connectivity index is 1.02. The van der Waals surface area contributed by atoms with Gasteiger partial charge in [-0.3, -0.25) is 14.5 Å². The number of ether oxygens (including phenoxy) is 4. The van der Waals surface area contributed by atoms with Crippen molar-refractivity contribution in [2.45, 2.75) is 61.7 Å². The number of anilines is 1. The number of fused-ring (bicyclic) bond motifs is 2. The second kappa shape index (κ2) is 15.2. The zero-order chi connectivity index (χ0) is 32.0. The van der Waals surface area contributed by atoms with E-state index >= 15 is 0 Å². The highest BCUT2D eigenvalue weighted by atomic mass is 79.9. The van der Waals surface area contributed by atoms with Crippen LogP contribution in [-0.4, -0.2) is 106 Å². The molecule has 2 N–H and O–H groups in total. The molecular weight excluding hydrogens is 678 g/mol. The Bertz CT molecular complexity index is 1540. The van der Waals surface area contributed by atoms with Crippen molar-refractivity contribution in [3.63, 3.8) is 0 Å². The van der Waals surface area contributed by atoms with Crippen molar-refractivity contribution in [2.75, 3.05) is 64.9 Å². The first-order chi connectivity index (χ1) is 22.4. The number of carbonyl (C=O) groups is 2. The third-order valence-corrected chi connectivity index (χ3v) is 10.6. The molecule has 3 aromatic rings. The zero-order valence-electron chi connectivity index (χ0n) is 26.0. The van der Waals surface area contributed by atoms with Crippen LogP contribution in [0.1, 0.15) is 39.0 Å². The van der Waals surface area contributed by atoms with Gasteiger partial charge in [-0.2, -0.15) is 0 Å². The van der Waals surface area contributed by atoms with E-state index in [0.717, 1.165) is 66.6 Å². The first-order valence-electron chi connectivity index (χ1n) is 15.9. The molecule has 0 aliphatic carbocycles. The van der Waals surface area contributed by atoms with E-state index in [4.69, 9.17) is 29.7 Å². The summed E-state index contributed by atoms with van der Waals surface area (Å²) in [6.07, 6.45) is 4.33. The molecule has 0 radical (unpaired) electrons. The van der Waals surface area contributed by atoms with Crippen LogP contribution in [0.5, 0.6) is 11.5 Å². The number of aromatic nitrogens is 4.